The third-order valence-electron chi connectivity index (χ3n) is 4.97. The van der Waals surface area contributed by atoms with Gasteiger partial charge in [0.1, 0.15) is 17.5 Å². The Morgan fingerprint density at radius 1 is 1.07 bits per heavy atom. The fraction of sp³-hybridized carbons (Fsp3) is 0.130. The highest BCUT2D eigenvalue weighted by molar-refractivity contribution is 6.28. The summed E-state index contributed by atoms with van der Waals surface area (Å²) in [6, 6.07) is 14.4. The molecule has 4 rings (SSSR count). The minimum Gasteiger partial charge on any atom is -0.288 e. The van der Waals surface area contributed by atoms with Crippen LogP contribution in [0.15, 0.2) is 71.9 Å². The van der Waals surface area contributed by atoms with Crippen molar-refractivity contribution in [1.82, 2.24) is 4.98 Å². The smallest absolute Gasteiger partial charge is 0.266 e. The zero-order valence-electron chi connectivity index (χ0n) is 16.0. The summed E-state index contributed by atoms with van der Waals surface area (Å²) < 4.78 is 27.3. The van der Waals surface area contributed by atoms with E-state index in [0.717, 1.165) is 17.0 Å². The highest BCUT2D eigenvalue weighted by Crippen LogP contribution is 2.31. The first kappa shape index (κ1) is 19.6. The summed E-state index contributed by atoms with van der Waals surface area (Å²) in [7, 11) is 0. The number of imide groups is 1. The van der Waals surface area contributed by atoms with Gasteiger partial charge in [-0.2, -0.15) is 0 Å². The zero-order chi connectivity index (χ0) is 21.3. The SMILES string of the molecule is C[C@H](N=CC1C(=O)N(c2ccccn2)C(=O)c2ccccc21)c1ccc(F)cc1F. The molecule has 0 radical (unpaired) electrons. The lowest BCUT2D eigenvalue weighted by Gasteiger charge is -2.30. The predicted octanol–water partition coefficient (Wildman–Crippen LogP) is 4.46. The first-order valence-electron chi connectivity index (χ1n) is 9.34. The van der Waals surface area contributed by atoms with Crippen LogP contribution >= 0.6 is 0 Å². The Hall–Kier alpha value is -3.74. The van der Waals surface area contributed by atoms with E-state index in [-0.39, 0.29) is 11.4 Å². The van der Waals surface area contributed by atoms with Crippen molar-refractivity contribution < 1.29 is 18.4 Å². The van der Waals surface area contributed by atoms with Gasteiger partial charge < -0.3 is 0 Å². The number of amides is 2. The number of nitrogens with zero attached hydrogens (tertiary/aromatic N) is 3. The molecule has 1 aliphatic rings. The molecule has 0 fully saturated rings. The summed E-state index contributed by atoms with van der Waals surface area (Å²) in [5.41, 5.74) is 1.11. The Morgan fingerprint density at radius 3 is 2.57 bits per heavy atom. The van der Waals surface area contributed by atoms with Gasteiger partial charge in [-0.25, -0.2) is 18.7 Å². The quantitative estimate of drug-likeness (QED) is 0.476. The Bertz CT molecular complexity index is 1150. The molecular formula is C23H17F2N3O2. The molecule has 0 saturated heterocycles. The first-order valence-corrected chi connectivity index (χ1v) is 9.34. The molecular weight excluding hydrogens is 388 g/mol. The summed E-state index contributed by atoms with van der Waals surface area (Å²) in [6.07, 6.45) is 2.91. The molecule has 0 aliphatic carbocycles. The summed E-state index contributed by atoms with van der Waals surface area (Å²) >= 11 is 0. The van der Waals surface area contributed by atoms with Gasteiger partial charge in [0.05, 0.1) is 12.0 Å². The van der Waals surface area contributed by atoms with Gasteiger partial charge in [0, 0.05) is 29.6 Å². The highest BCUT2D eigenvalue weighted by Gasteiger charge is 2.39. The normalized spacial score (nSPS) is 17.3. The molecule has 30 heavy (non-hydrogen) atoms. The fourth-order valence-electron chi connectivity index (χ4n) is 3.44. The second kappa shape index (κ2) is 7.94. The topological polar surface area (TPSA) is 62.6 Å². The summed E-state index contributed by atoms with van der Waals surface area (Å²) in [5, 5.41) is 0. The number of carbonyl (C=O) groups is 2. The Balaban J connectivity index is 1.72. The van der Waals surface area contributed by atoms with Crippen LogP contribution in [0.3, 0.4) is 0 Å². The van der Waals surface area contributed by atoms with Crippen LogP contribution in [0.2, 0.25) is 0 Å². The van der Waals surface area contributed by atoms with Crippen molar-refractivity contribution in [3.05, 3.63) is 95.2 Å². The van der Waals surface area contributed by atoms with Crippen LogP contribution in [0.5, 0.6) is 0 Å². The van der Waals surface area contributed by atoms with Crippen molar-refractivity contribution in [2.75, 3.05) is 4.90 Å². The average Bonchev–Trinajstić information content (AvgIpc) is 2.74. The van der Waals surface area contributed by atoms with Gasteiger partial charge in [0.15, 0.2) is 0 Å². The predicted molar refractivity (Wildman–Crippen MR) is 109 cm³/mol. The van der Waals surface area contributed by atoms with E-state index >= 15 is 0 Å². The van der Waals surface area contributed by atoms with Crippen LogP contribution < -0.4 is 4.90 Å². The zero-order valence-corrected chi connectivity index (χ0v) is 16.0. The number of hydrogen-bond donors (Lipinski definition) is 0. The van der Waals surface area contributed by atoms with E-state index in [1.807, 2.05) is 0 Å². The molecule has 0 spiro atoms. The molecule has 2 atom stereocenters. The van der Waals surface area contributed by atoms with Gasteiger partial charge in [-0.15, -0.1) is 0 Å². The standard InChI is InChI=1S/C23H17F2N3O2/c1-14(16-10-9-15(24)12-20(16)25)27-13-19-17-6-2-3-7-18(17)22(29)28(23(19)30)21-8-4-5-11-26-21/h2-14,19H,1H3/t14-,19?/m0/s1. The van der Waals surface area contributed by atoms with Crippen LogP contribution in [0, 0.1) is 11.6 Å². The molecule has 150 valence electrons. The van der Waals surface area contributed by atoms with Crippen LogP contribution in [0.4, 0.5) is 14.6 Å². The summed E-state index contributed by atoms with van der Waals surface area (Å²) in [5.74, 6) is -2.96. The Morgan fingerprint density at radius 2 is 1.83 bits per heavy atom. The van der Waals surface area contributed by atoms with E-state index < -0.39 is 35.4 Å². The van der Waals surface area contributed by atoms with Crippen molar-refractivity contribution in [2.24, 2.45) is 4.99 Å². The van der Waals surface area contributed by atoms with Gasteiger partial charge >= 0.3 is 0 Å². The van der Waals surface area contributed by atoms with Crippen LogP contribution in [-0.2, 0) is 4.79 Å². The van der Waals surface area contributed by atoms with E-state index in [1.54, 1.807) is 49.4 Å². The third-order valence-corrected chi connectivity index (χ3v) is 4.97. The summed E-state index contributed by atoms with van der Waals surface area (Å²) in [4.78, 5) is 35.7. The fourth-order valence-corrected chi connectivity index (χ4v) is 3.44. The van der Waals surface area contributed by atoms with Gasteiger partial charge in [-0.1, -0.05) is 30.3 Å². The molecule has 1 unspecified atom stereocenters. The molecule has 2 heterocycles. The number of aromatic nitrogens is 1. The first-order chi connectivity index (χ1) is 14.5. The molecule has 1 aromatic heterocycles. The molecule has 5 nitrogen and oxygen atoms in total. The number of anilines is 1. The number of benzene rings is 2. The maximum absolute atomic E-state index is 14.1. The van der Waals surface area contributed by atoms with Crippen molar-refractivity contribution in [1.29, 1.82) is 0 Å². The second-order valence-electron chi connectivity index (χ2n) is 6.87. The Labute approximate surface area is 171 Å². The van der Waals surface area contributed by atoms with E-state index in [4.69, 9.17) is 0 Å². The number of fused-ring (bicyclic) bond motifs is 1. The van der Waals surface area contributed by atoms with E-state index in [2.05, 4.69) is 9.98 Å². The largest absolute Gasteiger partial charge is 0.288 e. The van der Waals surface area contributed by atoms with Crippen LogP contribution in [0.1, 0.15) is 40.4 Å². The van der Waals surface area contributed by atoms with Crippen molar-refractivity contribution in [2.45, 2.75) is 18.9 Å². The number of pyridine rings is 1. The molecule has 2 aromatic carbocycles. The van der Waals surface area contributed by atoms with E-state index in [9.17, 15) is 18.4 Å². The molecule has 0 bridgehead atoms. The highest BCUT2D eigenvalue weighted by atomic mass is 19.1. The maximum Gasteiger partial charge on any atom is 0.266 e. The number of halogens is 2. The number of aliphatic imine (C=N–C) groups is 1. The minimum atomic E-state index is -0.841. The van der Waals surface area contributed by atoms with Crippen molar-refractivity contribution >= 4 is 23.8 Å². The summed E-state index contributed by atoms with van der Waals surface area (Å²) in [6.45, 7) is 1.65. The Kier molecular flexibility index (Phi) is 5.18. The van der Waals surface area contributed by atoms with Crippen molar-refractivity contribution in [3.8, 4) is 0 Å². The number of rotatable bonds is 4. The molecule has 7 heteroatoms. The van der Waals surface area contributed by atoms with Gasteiger partial charge in [0.25, 0.3) is 5.91 Å². The second-order valence-corrected chi connectivity index (χ2v) is 6.87. The van der Waals surface area contributed by atoms with E-state index in [1.165, 1.54) is 18.5 Å². The van der Waals surface area contributed by atoms with E-state index in [0.29, 0.717) is 11.1 Å². The molecule has 0 saturated carbocycles. The molecule has 1 aliphatic heterocycles. The van der Waals surface area contributed by atoms with Crippen LogP contribution in [-0.4, -0.2) is 23.0 Å². The lowest BCUT2D eigenvalue weighted by atomic mass is 9.89. The lowest BCUT2D eigenvalue weighted by Crippen LogP contribution is -2.46. The van der Waals surface area contributed by atoms with Crippen molar-refractivity contribution in [3.63, 3.8) is 0 Å². The van der Waals surface area contributed by atoms with Gasteiger partial charge in [0.2, 0.25) is 5.91 Å². The third kappa shape index (κ3) is 3.50. The number of hydrogen-bond acceptors (Lipinski definition) is 4. The van der Waals surface area contributed by atoms with Gasteiger partial charge in [-0.3, -0.25) is 14.6 Å². The molecule has 0 N–H and O–H groups in total. The lowest BCUT2D eigenvalue weighted by molar-refractivity contribution is -0.118. The van der Waals surface area contributed by atoms with Gasteiger partial charge in [-0.05, 0) is 36.8 Å². The molecule has 2 amide bonds. The number of carbonyl (C=O) groups excluding carboxylic acids is 2. The van der Waals surface area contributed by atoms with Crippen LogP contribution in [0.25, 0.3) is 0 Å². The minimum absolute atomic E-state index is 0.210. The monoisotopic (exact) mass is 405 g/mol. The maximum atomic E-state index is 14.1. The average molecular weight is 405 g/mol. The molecule has 3 aromatic rings.